The highest BCUT2D eigenvalue weighted by Gasteiger charge is 2.09. The van der Waals surface area contributed by atoms with E-state index in [0.717, 1.165) is 36.8 Å². The second-order valence-corrected chi connectivity index (χ2v) is 11.0. The average molecular weight is 683 g/mol. The molecule has 0 spiro atoms. The molecule has 0 radical (unpaired) electrons. The Balaban J connectivity index is 1.14. The lowest BCUT2D eigenvalue weighted by Crippen LogP contribution is -2.17. The maximum Gasteiger partial charge on any atom is 0.271 e. The second kappa shape index (κ2) is 13.0. The highest BCUT2D eigenvalue weighted by molar-refractivity contribution is 14.1. The van der Waals surface area contributed by atoms with Crippen molar-refractivity contribution in [1.29, 1.82) is 0 Å². The van der Waals surface area contributed by atoms with E-state index in [1.165, 1.54) is 23.5 Å². The lowest BCUT2D eigenvalue weighted by atomic mass is 10.1. The van der Waals surface area contributed by atoms with Crippen LogP contribution in [0.3, 0.4) is 0 Å². The molecule has 1 heterocycles. The zero-order valence-corrected chi connectivity index (χ0v) is 24.5. The van der Waals surface area contributed by atoms with Crippen LogP contribution in [0.15, 0.2) is 101 Å². The van der Waals surface area contributed by atoms with Gasteiger partial charge in [0.15, 0.2) is 5.13 Å². The molecule has 0 aliphatic heterocycles. The quantitative estimate of drug-likeness (QED) is 0.0932. The van der Waals surface area contributed by atoms with Crippen LogP contribution in [0.25, 0.3) is 11.3 Å². The van der Waals surface area contributed by atoms with E-state index in [0.29, 0.717) is 16.3 Å². The first-order valence-corrected chi connectivity index (χ1v) is 14.4. The van der Waals surface area contributed by atoms with Crippen LogP contribution in [0, 0.1) is 9.39 Å². The van der Waals surface area contributed by atoms with Crippen molar-refractivity contribution in [2.75, 3.05) is 5.32 Å². The summed E-state index contributed by atoms with van der Waals surface area (Å²) in [5, 5.41) is 10.7. The van der Waals surface area contributed by atoms with E-state index in [1.807, 2.05) is 66.0 Å². The second-order valence-electron chi connectivity index (χ2n) is 8.55. The summed E-state index contributed by atoms with van der Waals surface area (Å²) in [5.74, 6) is 0.0622. The third kappa shape index (κ3) is 7.44. The predicted octanol–water partition coefficient (Wildman–Crippen LogP) is 8.29. The molecule has 40 heavy (non-hydrogen) atoms. The summed E-state index contributed by atoms with van der Waals surface area (Å²) in [6, 6.07) is 26.4. The van der Waals surface area contributed by atoms with E-state index in [1.54, 1.807) is 24.4 Å². The lowest BCUT2D eigenvalue weighted by molar-refractivity contribution is 0.0955. The smallest absolute Gasteiger partial charge is 0.271 e. The van der Waals surface area contributed by atoms with Crippen LogP contribution in [0.5, 0.6) is 5.75 Å². The van der Waals surface area contributed by atoms with Crippen molar-refractivity contribution >= 4 is 68.5 Å². The molecule has 0 saturated heterocycles. The number of nitrogens with one attached hydrogen (secondary N) is 2. The zero-order chi connectivity index (χ0) is 27.9. The molecule has 200 valence electrons. The Morgan fingerprint density at radius 1 is 1.05 bits per heavy atom. The number of benzene rings is 4. The zero-order valence-electron chi connectivity index (χ0n) is 20.8. The summed E-state index contributed by atoms with van der Waals surface area (Å²) in [6.45, 7) is 0.264. The van der Waals surface area contributed by atoms with Gasteiger partial charge < -0.3 is 10.1 Å². The maximum absolute atomic E-state index is 13.4. The molecule has 0 saturated carbocycles. The van der Waals surface area contributed by atoms with Crippen molar-refractivity contribution in [3.63, 3.8) is 0 Å². The highest BCUT2D eigenvalue weighted by atomic mass is 127. The predicted molar refractivity (Wildman–Crippen MR) is 167 cm³/mol. The first-order valence-electron chi connectivity index (χ1n) is 12.0. The molecule has 0 atom stereocenters. The Labute approximate surface area is 253 Å². The number of halogens is 3. The van der Waals surface area contributed by atoms with Crippen molar-refractivity contribution in [3.05, 3.63) is 127 Å². The molecule has 4 aromatic carbocycles. The number of carbonyl (C=O) groups is 1. The number of anilines is 2. The molecule has 0 unspecified atom stereocenters. The topological polar surface area (TPSA) is 75.6 Å². The van der Waals surface area contributed by atoms with Crippen LogP contribution in [0.2, 0.25) is 5.02 Å². The molecule has 0 aliphatic carbocycles. The number of hydrogen-bond acceptors (Lipinski definition) is 6. The van der Waals surface area contributed by atoms with Gasteiger partial charge in [0.2, 0.25) is 0 Å². The largest absolute Gasteiger partial charge is 0.488 e. The summed E-state index contributed by atoms with van der Waals surface area (Å²) in [7, 11) is 0. The van der Waals surface area contributed by atoms with Gasteiger partial charge in [-0.15, -0.1) is 11.3 Å². The number of hydrogen-bond donors (Lipinski definition) is 2. The van der Waals surface area contributed by atoms with Crippen LogP contribution in [0.1, 0.15) is 21.5 Å². The van der Waals surface area contributed by atoms with Gasteiger partial charge in [-0.05, 0) is 100 Å². The van der Waals surface area contributed by atoms with E-state index in [-0.39, 0.29) is 18.3 Å². The first kappa shape index (κ1) is 27.8. The van der Waals surface area contributed by atoms with E-state index >= 15 is 0 Å². The number of nitrogens with zero attached hydrogens (tertiary/aromatic N) is 2. The molecule has 0 fully saturated rings. The fourth-order valence-corrected chi connectivity index (χ4v) is 5.21. The Kier molecular flexibility index (Phi) is 9.04. The van der Waals surface area contributed by atoms with Gasteiger partial charge in [-0.25, -0.2) is 14.8 Å². The summed E-state index contributed by atoms with van der Waals surface area (Å²) >= 11 is 9.60. The molecule has 1 amide bonds. The Morgan fingerprint density at radius 2 is 1.85 bits per heavy atom. The van der Waals surface area contributed by atoms with Crippen molar-refractivity contribution < 1.29 is 13.9 Å². The van der Waals surface area contributed by atoms with E-state index in [4.69, 9.17) is 16.3 Å². The molecule has 10 heteroatoms. The molecule has 0 aliphatic rings. The van der Waals surface area contributed by atoms with Crippen LogP contribution >= 0.6 is 45.5 Å². The first-order chi connectivity index (χ1) is 19.4. The SMILES string of the molecule is O=C(N/N=C\c1ccc(OCc2cccc(F)c2)c(I)c1)c1ccc(-c2csc(Nc3ccc(Cl)cc3)n2)cc1. The number of rotatable bonds is 9. The summed E-state index contributed by atoms with van der Waals surface area (Å²) in [6.07, 6.45) is 1.56. The van der Waals surface area contributed by atoms with Gasteiger partial charge in [0.25, 0.3) is 5.91 Å². The average Bonchev–Trinajstić information content (AvgIpc) is 3.42. The lowest BCUT2D eigenvalue weighted by Gasteiger charge is -2.09. The summed E-state index contributed by atoms with van der Waals surface area (Å²) < 4.78 is 20.0. The normalized spacial score (nSPS) is 11.0. The monoisotopic (exact) mass is 682 g/mol. The number of carbonyl (C=O) groups excluding carboxylic acids is 1. The minimum Gasteiger partial charge on any atom is -0.488 e. The Bertz CT molecular complexity index is 1660. The molecular formula is C30H21ClFIN4O2S. The van der Waals surface area contributed by atoms with Crippen LogP contribution in [0.4, 0.5) is 15.2 Å². The third-order valence-electron chi connectivity index (χ3n) is 5.66. The van der Waals surface area contributed by atoms with Gasteiger partial charge in [-0.2, -0.15) is 5.10 Å². The van der Waals surface area contributed by atoms with Gasteiger partial charge in [-0.1, -0.05) is 35.9 Å². The number of ether oxygens (including phenoxy) is 1. The fourth-order valence-electron chi connectivity index (χ4n) is 3.65. The molecule has 5 aromatic rings. The number of amides is 1. The van der Waals surface area contributed by atoms with Crippen molar-refractivity contribution in [3.8, 4) is 17.0 Å². The summed E-state index contributed by atoms with van der Waals surface area (Å²) in [5.41, 5.74) is 7.19. The van der Waals surface area contributed by atoms with Crippen LogP contribution in [-0.4, -0.2) is 17.1 Å². The van der Waals surface area contributed by atoms with Gasteiger partial charge in [0.05, 0.1) is 15.5 Å². The van der Waals surface area contributed by atoms with Gasteiger partial charge in [-0.3, -0.25) is 4.79 Å². The molecule has 0 bridgehead atoms. The number of aromatic nitrogens is 1. The van der Waals surface area contributed by atoms with Gasteiger partial charge in [0, 0.05) is 27.2 Å². The van der Waals surface area contributed by atoms with Crippen LogP contribution in [-0.2, 0) is 6.61 Å². The molecular weight excluding hydrogens is 662 g/mol. The number of hydrazone groups is 1. The maximum atomic E-state index is 13.4. The number of thiazole rings is 1. The van der Waals surface area contributed by atoms with E-state index < -0.39 is 0 Å². The van der Waals surface area contributed by atoms with Crippen molar-refractivity contribution in [1.82, 2.24) is 10.4 Å². The van der Waals surface area contributed by atoms with Crippen LogP contribution < -0.4 is 15.5 Å². The standard InChI is InChI=1S/C30H21ClFIN4O2S/c31-23-9-11-25(12-10-23)35-30-36-27(18-40-30)21-5-7-22(8-6-21)29(38)37-34-16-19-4-13-28(26(33)15-19)39-17-20-2-1-3-24(32)14-20/h1-16,18H,17H2,(H,35,36)(H,37,38)/b34-16-. The van der Waals surface area contributed by atoms with E-state index in [2.05, 4.69) is 43.4 Å². The highest BCUT2D eigenvalue weighted by Crippen LogP contribution is 2.28. The molecule has 2 N–H and O–H groups in total. The van der Waals surface area contributed by atoms with Gasteiger partial charge in [0.1, 0.15) is 18.2 Å². The molecule has 6 nitrogen and oxygen atoms in total. The van der Waals surface area contributed by atoms with Gasteiger partial charge >= 0.3 is 0 Å². The summed E-state index contributed by atoms with van der Waals surface area (Å²) in [4.78, 5) is 17.2. The Morgan fingerprint density at radius 3 is 2.60 bits per heavy atom. The van der Waals surface area contributed by atoms with E-state index in [9.17, 15) is 9.18 Å². The third-order valence-corrected chi connectivity index (χ3v) is 7.51. The molecule has 1 aromatic heterocycles. The minimum absolute atomic E-state index is 0.264. The van der Waals surface area contributed by atoms with Crippen molar-refractivity contribution in [2.45, 2.75) is 6.61 Å². The minimum atomic E-state index is -0.323. The Hall–Kier alpha value is -3.80. The molecule has 5 rings (SSSR count). The van der Waals surface area contributed by atoms with Crippen molar-refractivity contribution in [2.24, 2.45) is 5.10 Å². The fraction of sp³-hybridized carbons (Fsp3) is 0.0333.